The lowest BCUT2D eigenvalue weighted by Crippen LogP contribution is -2.44. The largest absolute Gasteiger partial charge is 0.457 e. The number of ether oxygens (including phenoxy) is 1. The van der Waals surface area contributed by atoms with E-state index in [1.807, 2.05) is 68.4 Å². The third kappa shape index (κ3) is 3.85. The van der Waals surface area contributed by atoms with Crippen molar-refractivity contribution in [2.75, 3.05) is 6.54 Å². The van der Waals surface area contributed by atoms with Crippen LogP contribution in [0, 0.1) is 17.4 Å². The molecule has 2 aromatic carbocycles. The van der Waals surface area contributed by atoms with E-state index in [9.17, 15) is 10.1 Å². The van der Waals surface area contributed by atoms with Gasteiger partial charge in [0.2, 0.25) is 0 Å². The van der Waals surface area contributed by atoms with Crippen LogP contribution in [0.2, 0.25) is 0 Å². The first-order chi connectivity index (χ1) is 14.6. The molecular weight excluding hydrogens is 378 g/mol. The highest BCUT2D eigenvalue weighted by Gasteiger charge is 2.37. The Morgan fingerprint density at radius 2 is 1.93 bits per heavy atom. The van der Waals surface area contributed by atoms with Gasteiger partial charge in [0.25, 0.3) is 5.91 Å². The Morgan fingerprint density at radius 1 is 1.20 bits per heavy atom. The van der Waals surface area contributed by atoms with Gasteiger partial charge in [-0.25, -0.2) is 0 Å². The average molecular weight is 401 g/mol. The predicted octanol–water partition coefficient (Wildman–Crippen LogP) is 3.79. The lowest BCUT2D eigenvalue weighted by molar-refractivity contribution is 0.0918. The molecule has 3 aromatic rings. The van der Waals surface area contributed by atoms with Crippen molar-refractivity contribution in [1.29, 1.82) is 5.26 Å². The summed E-state index contributed by atoms with van der Waals surface area (Å²) in [4.78, 5) is 14.5. The summed E-state index contributed by atoms with van der Waals surface area (Å²) in [7, 11) is 0. The van der Waals surface area contributed by atoms with Gasteiger partial charge in [-0.3, -0.25) is 9.89 Å². The van der Waals surface area contributed by atoms with Crippen LogP contribution in [0.1, 0.15) is 24.3 Å². The molecule has 4 rings (SSSR count). The number of rotatable bonds is 5. The zero-order valence-corrected chi connectivity index (χ0v) is 16.9. The normalized spacial score (nSPS) is 20.6. The Balaban J connectivity index is 1.52. The van der Waals surface area contributed by atoms with Gasteiger partial charge in [-0.1, -0.05) is 37.3 Å². The van der Waals surface area contributed by atoms with Crippen molar-refractivity contribution in [2.45, 2.75) is 25.9 Å². The highest BCUT2D eigenvalue weighted by atomic mass is 16.5. The van der Waals surface area contributed by atoms with E-state index in [0.29, 0.717) is 23.7 Å². The van der Waals surface area contributed by atoms with Gasteiger partial charge < -0.3 is 15.0 Å². The number of hydrogen-bond acceptors (Lipinski definition) is 5. The summed E-state index contributed by atoms with van der Waals surface area (Å²) in [6.07, 6.45) is 2.19. The second kappa shape index (κ2) is 8.29. The number of carbonyl (C=O) groups excluding carboxylic acids is 1. The smallest absolute Gasteiger partial charge is 0.269 e. The second-order valence-corrected chi connectivity index (χ2v) is 7.55. The van der Waals surface area contributed by atoms with Crippen LogP contribution < -0.4 is 10.1 Å². The number of likely N-dealkylation sites (tertiary alicyclic amines) is 1. The average Bonchev–Trinajstić information content (AvgIpc) is 3.35. The Bertz CT molecular complexity index is 1070. The number of carbonyl (C=O) groups is 1. The van der Waals surface area contributed by atoms with Crippen molar-refractivity contribution in [3.8, 4) is 28.9 Å². The second-order valence-electron chi connectivity index (χ2n) is 7.55. The fraction of sp³-hybridized carbons (Fsp3) is 0.261. The standard InChI is InChI=1S/C23H23N5O2/c1-15-13-28(14-24)16(2)22(15)25-23(29)20-12-19(26-27-20)18-10-6-7-11-21(18)30-17-8-4-3-5-9-17/h3-12,15-16,22H,13H2,1-2H3,(H,25,29)(H,26,27)/t15-,16-,22+/m1/s1. The maximum atomic E-state index is 12.8. The number of nitriles is 1. The van der Waals surface area contributed by atoms with Crippen LogP contribution in [-0.4, -0.2) is 39.6 Å². The lowest BCUT2D eigenvalue weighted by atomic mass is 10.0. The molecule has 7 heteroatoms. The first-order valence-electron chi connectivity index (χ1n) is 9.91. The minimum atomic E-state index is -0.237. The van der Waals surface area contributed by atoms with Crippen LogP contribution in [0.3, 0.4) is 0 Å². The van der Waals surface area contributed by atoms with Crippen molar-refractivity contribution in [1.82, 2.24) is 20.4 Å². The first kappa shape index (κ1) is 19.5. The molecule has 0 aliphatic carbocycles. The van der Waals surface area contributed by atoms with Crippen molar-refractivity contribution >= 4 is 5.91 Å². The Hall–Kier alpha value is -3.79. The van der Waals surface area contributed by atoms with E-state index in [1.165, 1.54) is 0 Å². The van der Waals surface area contributed by atoms with E-state index in [1.54, 1.807) is 11.0 Å². The number of H-pyrrole nitrogens is 1. The number of nitrogens with one attached hydrogen (secondary N) is 2. The van der Waals surface area contributed by atoms with Crippen LogP contribution in [0.25, 0.3) is 11.3 Å². The minimum absolute atomic E-state index is 0.0451. The number of aromatic nitrogens is 2. The Kier molecular flexibility index (Phi) is 5.40. The Morgan fingerprint density at radius 3 is 2.67 bits per heavy atom. The maximum absolute atomic E-state index is 12.8. The molecule has 1 aliphatic rings. The van der Waals surface area contributed by atoms with Crippen LogP contribution in [-0.2, 0) is 0 Å². The highest BCUT2D eigenvalue weighted by Crippen LogP contribution is 2.32. The van der Waals surface area contributed by atoms with E-state index in [4.69, 9.17) is 4.74 Å². The third-order valence-electron chi connectivity index (χ3n) is 5.49. The maximum Gasteiger partial charge on any atom is 0.269 e. The summed E-state index contributed by atoms with van der Waals surface area (Å²) in [5.41, 5.74) is 1.78. The highest BCUT2D eigenvalue weighted by molar-refractivity contribution is 5.93. The number of aromatic amines is 1. The molecule has 2 N–H and O–H groups in total. The zero-order chi connectivity index (χ0) is 21.1. The van der Waals surface area contributed by atoms with Gasteiger partial charge in [-0.2, -0.15) is 10.4 Å². The number of hydrogen-bond donors (Lipinski definition) is 2. The SMILES string of the molecule is C[C@@H]1CN(C#N)[C@H](C)[C@H]1NC(=O)c1cc(-c2ccccc2Oc2ccccc2)n[nH]1. The van der Waals surface area contributed by atoms with Gasteiger partial charge in [-0.05, 0) is 43.2 Å². The number of nitrogens with zero attached hydrogens (tertiary/aromatic N) is 3. The fourth-order valence-electron chi connectivity index (χ4n) is 3.84. The van der Waals surface area contributed by atoms with Gasteiger partial charge in [0.1, 0.15) is 17.2 Å². The summed E-state index contributed by atoms with van der Waals surface area (Å²) in [5, 5.41) is 19.4. The molecule has 0 saturated carbocycles. The monoisotopic (exact) mass is 401 g/mol. The first-order valence-corrected chi connectivity index (χ1v) is 9.91. The summed E-state index contributed by atoms with van der Waals surface area (Å²) < 4.78 is 6.00. The molecule has 2 heterocycles. The van der Waals surface area contributed by atoms with Crippen LogP contribution in [0.5, 0.6) is 11.5 Å². The predicted molar refractivity (Wildman–Crippen MR) is 113 cm³/mol. The molecule has 0 bridgehead atoms. The van der Waals surface area contributed by atoms with Crippen molar-refractivity contribution in [3.05, 3.63) is 66.4 Å². The topological polar surface area (TPSA) is 94.0 Å². The lowest BCUT2D eigenvalue weighted by Gasteiger charge is -2.21. The molecule has 1 aliphatic heterocycles. The van der Waals surface area contributed by atoms with Crippen LogP contribution in [0.4, 0.5) is 0 Å². The number of benzene rings is 2. The summed E-state index contributed by atoms with van der Waals surface area (Å²) >= 11 is 0. The molecule has 1 amide bonds. The summed E-state index contributed by atoms with van der Waals surface area (Å²) in [5.74, 6) is 1.33. The van der Waals surface area contributed by atoms with E-state index < -0.39 is 0 Å². The van der Waals surface area contributed by atoms with Crippen LogP contribution >= 0.6 is 0 Å². The minimum Gasteiger partial charge on any atom is -0.457 e. The summed E-state index contributed by atoms with van der Waals surface area (Å²) in [6.45, 7) is 4.63. The van der Waals surface area contributed by atoms with E-state index >= 15 is 0 Å². The third-order valence-corrected chi connectivity index (χ3v) is 5.49. The quantitative estimate of drug-likeness (QED) is 0.635. The number of para-hydroxylation sites is 2. The molecule has 152 valence electrons. The zero-order valence-electron chi connectivity index (χ0n) is 16.9. The molecule has 1 fully saturated rings. The fourth-order valence-corrected chi connectivity index (χ4v) is 3.84. The van der Waals surface area contributed by atoms with Gasteiger partial charge in [0, 0.05) is 12.1 Å². The molecule has 1 saturated heterocycles. The van der Waals surface area contributed by atoms with Crippen LogP contribution in [0.15, 0.2) is 60.7 Å². The molecule has 0 radical (unpaired) electrons. The molecule has 7 nitrogen and oxygen atoms in total. The van der Waals surface area contributed by atoms with Gasteiger partial charge in [0.15, 0.2) is 6.19 Å². The van der Waals surface area contributed by atoms with Crippen molar-refractivity contribution in [2.24, 2.45) is 5.92 Å². The van der Waals surface area contributed by atoms with E-state index in [0.717, 1.165) is 11.3 Å². The van der Waals surface area contributed by atoms with Gasteiger partial charge in [-0.15, -0.1) is 0 Å². The van der Waals surface area contributed by atoms with Crippen molar-refractivity contribution < 1.29 is 9.53 Å². The molecule has 1 aromatic heterocycles. The summed E-state index contributed by atoms with van der Waals surface area (Å²) in [6, 6.07) is 18.7. The molecule has 0 unspecified atom stereocenters. The van der Waals surface area contributed by atoms with Crippen molar-refractivity contribution in [3.63, 3.8) is 0 Å². The molecule has 30 heavy (non-hydrogen) atoms. The Labute approximate surface area is 175 Å². The molecule has 0 spiro atoms. The van der Waals surface area contributed by atoms with Gasteiger partial charge >= 0.3 is 0 Å². The van der Waals surface area contributed by atoms with E-state index in [-0.39, 0.29) is 23.9 Å². The van der Waals surface area contributed by atoms with E-state index in [2.05, 4.69) is 21.7 Å². The molecular formula is C23H23N5O2. The van der Waals surface area contributed by atoms with Gasteiger partial charge in [0.05, 0.1) is 17.8 Å². The molecule has 3 atom stereocenters. The number of amides is 1.